The Morgan fingerprint density at radius 2 is 2.05 bits per heavy atom. The van der Waals surface area contributed by atoms with E-state index in [-0.39, 0.29) is 5.69 Å². The summed E-state index contributed by atoms with van der Waals surface area (Å²) in [5.74, 6) is 0. The van der Waals surface area contributed by atoms with E-state index in [9.17, 15) is 10.1 Å². The highest BCUT2D eigenvalue weighted by Crippen LogP contribution is 2.29. The van der Waals surface area contributed by atoms with Gasteiger partial charge < -0.3 is 5.73 Å². The Kier molecular flexibility index (Phi) is 2.42. The molecule has 6 nitrogen and oxygen atoms in total. The number of aromatic nitrogens is 2. The van der Waals surface area contributed by atoms with Crippen LogP contribution in [0.2, 0.25) is 0 Å². The molecule has 0 radical (unpaired) electrons. The molecule has 94 valence electrons. The van der Waals surface area contributed by atoms with Crippen molar-refractivity contribution in [3.8, 4) is 11.3 Å². The average Bonchev–Trinajstić information content (AvgIpc) is 2.81. The normalized spacial score (nSPS) is 10.7. The van der Waals surface area contributed by atoms with Crippen LogP contribution in [0.4, 0.5) is 11.4 Å². The first kappa shape index (κ1) is 11.2. The molecule has 0 saturated carbocycles. The molecule has 0 amide bonds. The molecule has 0 aliphatic heterocycles. The van der Waals surface area contributed by atoms with Crippen LogP contribution in [0.25, 0.3) is 22.2 Å². The third-order valence-corrected chi connectivity index (χ3v) is 2.92. The summed E-state index contributed by atoms with van der Waals surface area (Å²) >= 11 is 0. The minimum Gasteiger partial charge on any atom is -0.399 e. The lowest BCUT2D eigenvalue weighted by molar-refractivity contribution is -0.384. The third kappa shape index (κ3) is 1.89. The number of nitrogens with zero attached hydrogens (tertiary/aromatic N) is 2. The molecular formula is C13H10N4O2. The molecule has 6 heteroatoms. The second-order valence-corrected chi connectivity index (χ2v) is 4.18. The Labute approximate surface area is 108 Å². The molecule has 3 rings (SSSR count). The lowest BCUT2D eigenvalue weighted by Crippen LogP contribution is -1.88. The average molecular weight is 254 g/mol. The molecule has 19 heavy (non-hydrogen) atoms. The number of nitro benzene ring substituents is 1. The van der Waals surface area contributed by atoms with Crippen molar-refractivity contribution in [2.45, 2.75) is 0 Å². The first-order valence-electron chi connectivity index (χ1n) is 5.63. The van der Waals surface area contributed by atoms with E-state index in [0.717, 1.165) is 10.9 Å². The standard InChI is InChI=1S/C13H10N4O2/c14-9-4-5-11-12(7-9)15-16-13(11)8-2-1-3-10(6-8)17(18)19/h1-7H,14H2,(H,15,16). The van der Waals surface area contributed by atoms with E-state index in [1.807, 2.05) is 6.07 Å². The summed E-state index contributed by atoms with van der Waals surface area (Å²) in [6, 6.07) is 11.8. The maximum Gasteiger partial charge on any atom is 0.270 e. The van der Waals surface area contributed by atoms with Gasteiger partial charge in [0.25, 0.3) is 5.69 Å². The molecular weight excluding hydrogens is 244 g/mol. The maximum absolute atomic E-state index is 10.8. The van der Waals surface area contributed by atoms with Crippen molar-refractivity contribution >= 4 is 22.3 Å². The molecule has 3 N–H and O–H groups in total. The van der Waals surface area contributed by atoms with Crippen molar-refractivity contribution in [2.75, 3.05) is 5.73 Å². The zero-order chi connectivity index (χ0) is 13.4. The summed E-state index contributed by atoms with van der Waals surface area (Å²) in [6.07, 6.45) is 0. The summed E-state index contributed by atoms with van der Waals surface area (Å²) in [7, 11) is 0. The predicted octanol–water partition coefficient (Wildman–Crippen LogP) is 2.72. The largest absolute Gasteiger partial charge is 0.399 e. The lowest BCUT2D eigenvalue weighted by Gasteiger charge is -1.98. The van der Waals surface area contributed by atoms with Gasteiger partial charge >= 0.3 is 0 Å². The molecule has 0 aliphatic rings. The van der Waals surface area contributed by atoms with Crippen LogP contribution in [-0.2, 0) is 0 Å². The van der Waals surface area contributed by atoms with E-state index >= 15 is 0 Å². The topological polar surface area (TPSA) is 97.8 Å². The zero-order valence-electron chi connectivity index (χ0n) is 9.83. The highest BCUT2D eigenvalue weighted by atomic mass is 16.6. The van der Waals surface area contributed by atoms with Gasteiger partial charge in [0, 0.05) is 28.8 Å². The van der Waals surface area contributed by atoms with Crippen molar-refractivity contribution in [3.05, 3.63) is 52.6 Å². The number of anilines is 1. The number of nitrogens with one attached hydrogen (secondary N) is 1. The predicted molar refractivity (Wildman–Crippen MR) is 72.6 cm³/mol. The Morgan fingerprint density at radius 1 is 1.21 bits per heavy atom. The molecule has 0 fully saturated rings. The van der Waals surface area contributed by atoms with Gasteiger partial charge in [-0.15, -0.1) is 0 Å². The van der Waals surface area contributed by atoms with Crippen LogP contribution in [-0.4, -0.2) is 15.1 Å². The number of hydrogen-bond donors (Lipinski definition) is 2. The van der Waals surface area contributed by atoms with Gasteiger partial charge in [-0.25, -0.2) is 0 Å². The van der Waals surface area contributed by atoms with Crippen LogP contribution in [0.5, 0.6) is 0 Å². The first-order chi connectivity index (χ1) is 9.15. The van der Waals surface area contributed by atoms with Crippen LogP contribution < -0.4 is 5.73 Å². The van der Waals surface area contributed by atoms with Gasteiger partial charge in [-0.2, -0.15) is 5.10 Å². The smallest absolute Gasteiger partial charge is 0.270 e. The van der Waals surface area contributed by atoms with E-state index in [1.165, 1.54) is 12.1 Å². The van der Waals surface area contributed by atoms with E-state index < -0.39 is 4.92 Å². The Bertz CT molecular complexity index is 779. The van der Waals surface area contributed by atoms with Gasteiger partial charge in [0.05, 0.1) is 10.4 Å². The van der Waals surface area contributed by atoms with Crippen LogP contribution in [0, 0.1) is 10.1 Å². The van der Waals surface area contributed by atoms with Gasteiger partial charge in [-0.3, -0.25) is 15.2 Å². The fourth-order valence-electron chi connectivity index (χ4n) is 2.02. The summed E-state index contributed by atoms with van der Waals surface area (Å²) in [6.45, 7) is 0. The zero-order valence-corrected chi connectivity index (χ0v) is 9.83. The Morgan fingerprint density at radius 3 is 2.84 bits per heavy atom. The Balaban J connectivity index is 2.19. The molecule has 0 bridgehead atoms. The highest BCUT2D eigenvalue weighted by molar-refractivity contribution is 5.94. The quantitative estimate of drug-likeness (QED) is 0.417. The number of aromatic amines is 1. The molecule has 0 atom stereocenters. The number of nitrogen functional groups attached to an aromatic ring is 1. The minimum absolute atomic E-state index is 0.0455. The molecule has 1 aromatic heterocycles. The van der Waals surface area contributed by atoms with Gasteiger partial charge in [0.2, 0.25) is 0 Å². The van der Waals surface area contributed by atoms with Crippen molar-refractivity contribution in [1.29, 1.82) is 0 Å². The fourth-order valence-corrected chi connectivity index (χ4v) is 2.02. The van der Waals surface area contributed by atoms with Gasteiger partial charge in [-0.1, -0.05) is 12.1 Å². The molecule has 2 aromatic carbocycles. The van der Waals surface area contributed by atoms with E-state index in [0.29, 0.717) is 16.9 Å². The number of nitrogens with two attached hydrogens (primary N) is 1. The molecule has 0 spiro atoms. The van der Waals surface area contributed by atoms with Crippen molar-refractivity contribution < 1.29 is 4.92 Å². The number of benzene rings is 2. The van der Waals surface area contributed by atoms with Gasteiger partial charge in [-0.05, 0) is 18.2 Å². The van der Waals surface area contributed by atoms with Gasteiger partial charge in [0.1, 0.15) is 5.69 Å². The van der Waals surface area contributed by atoms with Crippen LogP contribution >= 0.6 is 0 Å². The number of hydrogen-bond acceptors (Lipinski definition) is 4. The van der Waals surface area contributed by atoms with Crippen LogP contribution in [0.3, 0.4) is 0 Å². The number of H-pyrrole nitrogens is 1. The number of nitro groups is 1. The maximum atomic E-state index is 10.8. The fraction of sp³-hybridized carbons (Fsp3) is 0. The van der Waals surface area contributed by atoms with Crippen molar-refractivity contribution in [1.82, 2.24) is 10.2 Å². The van der Waals surface area contributed by atoms with E-state index in [2.05, 4.69) is 10.2 Å². The highest BCUT2D eigenvalue weighted by Gasteiger charge is 2.12. The van der Waals surface area contributed by atoms with Crippen molar-refractivity contribution in [2.24, 2.45) is 0 Å². The van der Waals surface area contributed by atoms with Crippen molar-refractivity contribution in [3.63, 3.8) is 0 Å². The van der Waals surface area contributed by atoms with Crippen LogP contribution in [0.1, 0.15) is 0 Å². The summed E-state index contributed by atoms with van der Waals surface area (Å²) < 4.78 is 0. The summed E-state index contributed by atoms with van der Waals surface area (Å²) in [4.78, 5) is 10.4. The second-order valence-electron chi connectivity index (χ2n) is 4.18. The summed E-state index contributed by atoms with van der Waals surface area (Å²) in [5, 5.41) is 18.8. The van der Waals surface area contributed by atoms with Crippen LogP contribution in [0.15, 0.2) is 42.5 Å². The molecule has 3 aromatic rings. The second kappa shape index (κ2) is 4.09. The number of fused-ring (bicyclic) bond motifs is 1. The third-order valence-electron chi connectivity index (χ3n) is 2.92. The number of rotatable bonds is 2. The van der Waals surface area contributed by atoms with E-state index in [4.69, 9.17) is 5.73 Å². The molecule has 0 unspecified atom stereocenters. The van der Waals surface area contributed by atoms with Gasteiger partial charge in [0.15, 0.2) is 0 Å². The number of non-ortho nitro benzene ring substituents is 1. The Hall–Kier alpha value is -2.89. The first-order valence-corrected chi connectivity index (χ1v) is 5.63. The SMILES string of the molecule is Nc1ccc2c(-c3cccc([N+](=O)[O-])c3)n[nH]c2c1. The molecule has 1 heterocycles. The monoisotopic (exact) mass is 254 g/mol. The summed E-state index contributed by atoms with van der Waals surface area (Å²) in [5.41, 5.74) is 8.57. The van der Waals surface area contributed by atoms with E-state index in [1.54, 1.807) is 24.3 Å². The molecule has 0 saturated heterocycles. The molecule has 0 aliphatic carbocycles. The lowest BCUT2D eigenvalue weighted by atomic mass is 10.1. The minimum atomic E-state index is -0.420.